The van der Waals surface area contributed by atoms with E-state index in [4.69, 9.17) is 34.8 Å². The summed E-state index contributed by atoms with van der Waals surface area (Å²) in [5.41, 5.74) is 0. The van der Waals surface area contributed by atoms with Crippen molar-refractivity contribution < 1.29 is 33.2 Å². The Hall–Kier alpha value is -4.31. The van der Waals surface area contributed by atoms with Crippen LogP contribution in [0, 0.1) is 12.3 Å². The first-order valence-corrected chi connectivity index (χ1v) is 24.3. The molecule has 7 heteroatoms. The summed E-state index contributed by atoms with van der Waals surface area (Å²) in [4.78, 5) is 13.5. The van der Waals surface area contributed by atoms with Crippen LogP contribution in [-0.2, 0) is 4.79 Å². The standard InChI is InChI=1S/C54H78O7/c1-7-13-19-20-21-22-23-24-30-54(55)61-53-41-47-45-39-51(59-34-28-17-11-5)49(57-32-26-15-9-3)37-43(45)42-36-48(56-31-25-14-8-2)50(58-33-27-16-10-4)38-44(42)46(47)40-52(53)60-35-29-18-12-6/h1,36-41H,8-35H2,2-6H3. The molecule has 0 aliphatic heterocycles. The minimum absolute atomic E-state index is 0.245. The van der Waals surface area contributed by atoms with Crippen LogP contribution in [0.5, 0.6) is 34.5 Å². The fraction of sp³-hybridized carbons (Fsp3) is 0.611. The lowest BCUT2D eigenvalue weighted by molar-refractivity contribution is -0.134. The van der Waals surface area contributed by atoms with E-state index in [-0.39, 0.29) is 5.97 Å². The Morgan fingerprint density at radius 1 is 0.393 bits per heavy atom. The molecular formula is C54H78O7. The van der Waals surface area contributed by atoms with Gasteiger partial charge in [0.2, 0.25) is 0 Å². The van der Waals surface area contributed by atoms with Crippen LogP contribution in [0.25, 0.3) is 32.3 Å². The summed E-state index contributed by atoms with van der Waals surface area (Å²) in [5.74, 6) is 6.45. The highest BCUT2D eigenvalue weighted by Gasteiger charge is 2.21. The van der Waals surface area contributed by atoms with Crippen molar-refractivity contribution in [2.45, 2.75) is 182 Å². The van der Waals surface area contributed by atoms with Crippen molar-refractivity contribution in [1.29, 1.82) is 0 Å². The molecule has 4 aromatic carbocycles. The van der Waals surface area contributed by atoms with Crippen molar-refractivity contribution in [2.75, 3.05) is 33.0 Å². The molecule has 0 N–H and O–H groups in total. The van der Waals surface area contributed by atoms with Crippen LogP contribution in [0.1, 0.15) is 182 Å². The highest BCUT2D eigenvalue weighted by molar-refractivity contribution is 6.27. The molecule has 0 spiro atoms. The molecule has 0 unspecified atom stereocenters. The van der Waals surface area contributed by atoms with E-state index in [0.717, 1.165) is 197 Å². The molecule has 0 fully saturated rings. The minimum Gasteiger partial charge on any atom is -0.490 e. The van der Waals surface area contributed by atoms with Crippen molar-refractivity contribution >= 4 is 38.3 Å². The van der Waals surface area contributed by atoms with Gasteiger partial charge in [0, 0.05) is 12.8 Å². The first-order chi connectivity index (χ1) is 30.0. The van der Waals surface area contributed by atoms with Crippen LogP contribution in [0.4, 0.5) is 0 Å². The maximum absolute atomic E-state index is 13.5. The predicted octanol–water partition coefficient (Wildman–Crippen LogP) is 15.7. The first-order valence-electron chi connectivity index (χ1n) is 24.3. The van der Waals surface area contributed by atoms with E-state index in [1.165, 1.54) is 0 Å². The average molecular weight is 839 g/mol. The number of terminal acetylenes is 1. The van der Waals surface area contributed by atoms with Crippen LogP contribution in [0.15, 0.2) is 36.4 Å². The van der Waals surface area contributed by atoms with Gasteiger partial charge in [-0.3, -0.25) is 4.79 Å². The third kappa shape index (κ3) is 16.2. The Morgan fingerprint density at radius 2 is 0.672 bits per heavy atom. The quantitative estimate of drug-likeness (QED) is 0.0152. The summed E-state index contributed by atoms with van der Waals surface area (Å²) < 4.78 is 39.0. The second-order valence-electron chi connectivity index (χ2n) is 16.6. The second kappa shape index (κ2) is 29.1. The van der Waals surface area contributed by atoms with Gasteiger partial charge in [-0.15, -0.1) is 12.3 Å². The molecule has 0 amide bonds. The largest absolute Gasteiger partial charge is 0.490 e. The number of hydrogen-bond donors (Lipinski definition) is 0. The van der Waals surface area contributed by atoms with Gasteiger partial charge in [-0.2, -0.15) is 0 Å². The van der Waals surface area contributed by atoms with Crippen molar-refractivity contribution in [1.82, 2.24) is 0 Å². The van der Waals surface area contributed by atoms with Gasteiger partial charge >= 0.3 is 5.97 Å². The number of carbonyl (C=O) groups excluding carboxylic acids is 1. The number of ether oxygens (including phenoxy) is 6. The molecule has 0 aromatic heterocycles. The molecular weight excluding hydrogens is 761 g/mol. The van der Waals surface area contributed by atoms with E-state index < -0.39 is 0 Å². The molecule has 0 bridgehead atoms. The van der Waals surface area contributed by atoms with Crippen molar-refractivity contribution in [3.63, 3.8) is 0 Å². The number of benzene rings is 4. The Labute approximate surface area is 368 Å². The van der Waals surface area contributed by atoms with Crippen molar-refractivity contribution in [3.05, 3.63) is 36.4 Å². The zero-order valence-corrected chi connectivity index (χ0v) is 38.7. The molecule has 4 rings (SSSR count). The smallest absolute Gasteiger partial charge is 0.311 e. The summed E-state index contributed by atoms with van der Waals surface area (Å²) in [6.07, 6.45) is 28.6. The Balaban J connectivity index is 1.91. The number of unbranched alkanes of at least 4 members (excludes halogenated alkanes) is 16. The molecule has 7 nitrogen and oxygen atoms in total. The van der Waals surface area contributed by atoms with Gasteiger partial charge in [-0.05, 0) is 114 Å². The maximum Gasteiger partial charge on any atom is 0.311 e. The maximum atomic E-state index is 13.5. The Kier molecular flexibility index (Phi) is 23.5. The van der Waals surface area contributed by atoms with Gasteiger partial charge in [0.1, 0.15) is 0 Å². The SMILES string of the molecule is C#CCCCCCCCCC(=O)Oc1cc2c3cc(OCCCCC)c(OCCCCC)cc3c3cc(OCCCCC)c(OCCCCC)cc3c2cc1OCCCCC. The molecule has 0 atom stereocenters. The van der Waals surface area contributed by atoms with Crippen LogP contribution >= 0.6 is 0 Å². The first kappa shape index (κ1) is 49.3. The van der Waals surface area contributed by atoms with Gasteiger partial charge in [0.25, 0.3) is 0 Å². The molecule has 61 heavy (non-hydrogen) atoms. The van der Waals surface area contributed by atoms with E-state index in [9.17, 15) is 4.79 Å². The average Bonchev–Trinajstić information content (AvgIpc) is 3.27. The summed E-state index contributed by atoms with van der Waals surface area (Å²) in [7, 11) is 0. The van der Waals surface area contributed by atoms with E-state index in [1.54, 1.807) is 0 Å². The Bertz CT molecular complexity index is 1880. The topological polar surface area (TPSA) is 72.5 Å². The third-order valence-corrected chi connectivity index (χ3v) is 11.3. The van der Waals surface area contributed by atoms with Crippen LogP contribution < -0.4 is 28.4 Å². The molecule has 0 saturated heterocycles. The zero-order valence-electron chi connectivity index (χ0n) is 38.7. The van der Waals surface area contributed by atoms with E-state index in [0.29, 0.717) is 51.0 Å². The van der Waals surface area contributed by atoms with Crippen molar-refractivity contribution in [2.24, 2.45) is 0 Å². The molecule has 336 valence electrons. The summed E-state index contributed by atoms with van der Waals surface area (Å²) in [6.45, 7) is 14.0. The number of esters is 1. The molecule has 0 aliphatic rings. The lowest BCUT2D eigenvalue weighted by Crippen LogP contribution is -2.09. The molecule has 4 aromatic rings. The Morgan fingerprint density at radius 3 is 0.984 bits per heavy atom. The van der Waals surface area contributed by atoms with Crippen LogP contribution in [-0.4, -0.2) is 39.0 Å². The second-order valence-corrected chi connectivity index (χ2v) is 16.6. The number of hydrogen-bond acceptors (Lipinski definition) is 7. The summed E-state index contributed by atoms with van der Waals surface area (Å²) in [5, 5.41) is 5.99. The highest BCUT2D eigenvalue weighted by atomic mass is 16.6. The third-order valence-electron chi connectivity index (χ3n) is 11.3. The van der Waals surface area contributed by atoms with Gasteiger partial charge in [0.15, 0.2) is 34.5 Å². The number of fused-ring (bicyclic) bond motifs is 6. The molecule has 0 aliphatic carbocycles. The normalized spacial score (nSPS) is 11.3. The van der Waals surface area contributed by atoms with E-state index in [2.05, 4.69) is 70.9 Å². The molecule has 0 saturated carbocycles. The monoisotopic (exact) mass is 839 g/mol. The minimum atomic E-state index is -0.245. The van der Waals surface area contributed by atoms with Gasteiger partial charge in [-0.25, -0.2) is 0 Å². The van der Waals surface area contributed by atoms with Crippen molar-refractivity contribution in [3.8, 4) is 46.8 Å². The predicted molar refractivity (Wildman–Crippen MR) is 255 cm³/mol. The van der Waals surface area contributed by atoms with Gasteiger partial charge < -0.3 is 28.4 Å². The lowest BCUT2D eigenvalue weighted by Gasteiger charge is -2.20. The summed E-state index contributed by atoms with van der Waals surface area (Å²) >= 11 is 0. The van der Waals surface area contributed by atoms with E-state index in [1.807, 2.05) is 6.07 Å². The number of carbonyl (C=O) groups is 1. The molecule has 0 heterocycles. The van der Waals surface area contributed by atoms with Gasteiger partial charge in [0.05, 0.1) is 33.0 Å². The van der Waals surface area contributed by atoms with Crippen LogP contribution in [0.2, 0.25) is 0 Å². The highest BCUT2D eigenvalue weighted by Crippen LogP contribution is 2.47. The van der Waals surface area contributed by atoms with E-state index >= 15 is 0 Å². The fourth-order valence-corrected chi connectivity index (χ4v) is 7.71. The summed E-state index contributed by atoms with van der Waals surface area (Å²) in [6, 6.07) is 12.7. The van der Waals surface area contributed by atoms with Gasteiger partial charge in [-0.1, -0.05) is 125 Å². The number of rotatable bonds is 34. The van der Waals surface area contributed by atoms with Crippen LogP contribution in [0.3, 0.4) is 0 Å². The zero-order chi connectivity index (χ0) is 43.5. The lowest BCUT2D eigenvalue weighted by atomic mass is 9.93. The molecule has 0 radical (unpaired) electrons. The fourth-order valence-electron chi connectivity index (χ4n) is 7.71.